The highest BCUT2D eigenvalue weighted by Gasteiger charge is 2.39. The number of nitrogens with zero attached hydrogens (tertiary/aromatic N) is 2. The van der Waals surface area contributed by atoms with Gasteiger partial charge < -0.3 is 15.1 Å². The Hall–Kier alpha value is -1.20. The predicted octanol–water partition coefficient (Wildman–Crippen LogP) is 3.21. The Balaban J connectivity index is 1.61. The third-order valence-corrected chi connectivity index (χ3v) is 6.03. The number of likely N-dealkylation sites (N-methyl/N-ethyl adjacent to an activating group) is 1. The highest BCUT2D eigenvalue weighted by atomic mass is 32.2. The first-order valence-corrected chi connectivity index (χ1v) is 9.70. The zero-order chi connectivity index (χ0) is 16.4. The number of benzene rings is 1. The maximum Gasteiger partial charge on any atom is 0.318 e. The third-order valence-electron chi connectivity index (χ3n) is 5.28. The summed E-state index contributed by atoms with van der Waals surface area (Å²) in [4.78, 5) is 18.4. The number of nitrogens with one attached hydrogen (secondary N) is 1. The molecule has 2 aliphatic heterocycles. The van der Waals surface area contributed by atoms with E-state index < -0.39 is 0 Å². The van der Waals surface area contributed by atoms with Gasteiger partial charge in [0.1, 0.15) is 0 Å². The van der Waals surface area contributed by atoms with Crippen molar-refractivity contribution >= 4 is 17.8 Å². The van der Waals surface area contributed by atoms with Crippen molar-refractivity contribution in [2.75, 3.05) is 32.9 Å². The molecule has 1 aromatic carbocycles. The van der Waals surface area contributed by atoms with Gasteiger partial charge >= 0.3 is 6.03 Å². The predicted molar refractivity (Wildman–Crippen MR) is 95.9 cm³/mol. The molecular weight excluding hydrogens is 306 g/mol. The van der Waals surface area contributed by atoms with Crippen molar-refractivity contribution in [1.29, 1.82) is 0 Å². The number of amides is 2. The SMILES string of the molecule is CSc1ccc([C@@H](C)NC(=O)N2CC[C@H]3CCN(C)C[C@H]32)cc1. The maximum absolute atomic E-state index is 12.7. The highest BCUT2D eigenvalue weighted by molar-refractivity contribution is 7.98. The summed E-state index contributed by atoms with van der Waals surface area (Å²) in [6, 6.07) is 8.97. The van der Waals surface area contributed by atoms with Crippen LogP contribution in [0.1, 0.15) is 31.4 Å². The number of hydrogen-bond donors (Lipinski definition) is 1. The van der Waals surface area contributed by atoms with Crippen LogP contribution in [0.15, 0.2) is 29.2 Å². The van der Waals surface area contributed by atoms with Crippen LogP contribution in [-0.2, 0) is 0 Å². The quantitative estimate of drug-likeness (QED) is 0.863. The van der Waals surface area contributed by atoms with Crippen LogP contribution in [0, 0.1) is 5.92 Å². The van der Waals surface area contributed by atoms with Crippen LogP contribution in [0.4, 0.5) is 4.79 Å². The lowest BCUT2D eigenvalue weighted by atomic mass is 9.92. The van der Waals surface area contributed by atoms with Crippen LogP contribution >= 0.6 is 11.8 Å². The van der Waals surface area contributed by atoms with Gasteiger partial charge in [-0.05, 0) is 63.2 Å². The van der Waals surface area contributed by atoms with Crippen molar-refractivity contribution in [3.63, 3.8) is 0 Å². The fraction of sp³-hybridized carbons (Fsp3) is 0.611. The van der Waals surface area contributed by atoms with Gasteiger partial charge in [0.2, 0.25) is 0 Å². The van der Waals surface area contributed by atoms with Crippen molar-refractivity contribution in [3.8, 4) is 0 Å². The molecule has 0 saturated carbocycles. The van der Waals surface area contributed by atoms with Crippen molar-refractivity contribution in [2.24, 2.45) is 5.92 Å². The lowest BCUT2D eigenvalue weighted by Crippen LogP contribution is -2.51. The van der Waals surface area contributed by atoms with E-state index in [2.05, 4.69) is 59.6 Å². The number of fused-ring (bicyclic) bond motifs is 1. The topological polar surface area (TPSA) is 35.6 Å². The van der Waals surface area contributed by atoms with Crippen LogP contribution in [0.3, 0.4) is 0 Å². The first-order chi connectivity index (χ1) is 11.1. The molecule has 0 bridgehead atoms. The fourth-order valence-electron chi connectivity index (χ4n) is 3.79. The first kappa shape index (κ1) is 16.7. The van der Waals surface area contributed by atoms with Gasteiger partial charge in [0.25, 0.3) is 0 Å². The summed E-state index contributed by atoms with van der Waals surface area (Å²) in [6.07, 6.45) is 4.45. The largest absolute Gasteiger partial charge is 0.331 e. The van der Waals surface area contributed by atoms with Gasteiger partial charge in [-0.15, -0.1) is 11.8 Å². The second-order valence-corrected chi connectivity index (χ2v) is 7.68. The minimum atomic E-state index is 0.0405. The van der Waals surface area contributed by atoms with Gasteiger partial charge in [-0.2, -0.15) is 0 Å². The molecule has 0 aliphatic carbocycles. The average molecular weight is 334 g/mol. The summed E-state index contributed by atoms with van der Waals surface area (Å²) in [7, 11) is 2.15. The third kappa shape index (κ3) is 3.66. The molecule has 2 heterocycles. The molecule has 23 heavy (non-hydrogen) atoms. The maximum atomic E-state index is 12.7. The Morgan fingerprint density at radius 2 is 1.96 bits per heavy atom. The summed E-state index contributed by atoms with van der Waals surface area (Å²) < 4.78 is 0. The molecule has 5 heteroatoms. The summed E-state index contributed by atoms with van der Waals surface area (Å²) in [6.45, 7) is 5.13. The molecule has 0 unspecified atom stereocenters. The van der Waals surface area contributed by atoms with Crippen LogP contribution in [0.25, 0.3) is 0 Å². The molecule has 1 N–H and O–H groups in total. The number of carbonyl (C=O) groups excluding carboxylic acids is 1. The number of piperidine rings is 1. The molecule has 2 fully saturated rings. The van der Waals surface area contributed by atoms with E-state index >= 15 is 0 Å². The average Bonchev–Trinajstić information content (AvgIpc) is 2.98. The number of urea groups is 1. The molecule has 0 radical (unpaired) electrons. The molecule has 2 amide bonds. The smallest absolute Gasteiger partial charge is 0.318 e. The van der Waals surface area contributed by atoms with Crippen LogP contribution in [-0.4, -0.2) is 54.8 Å². The normalized spacial score (nSPS) is 26.0. The summed E-state index contributed by atoms with van der Waals surface area (Å²) in [5.41, 5.74) is 1.16. The second-order valence-electron chi connectivity index (χ2n) is 6.80. The Kier molecular flexibility index (Phi) is 5.17. The lowest BCUT2D eigenvalue weighted by Gasteiger charge is -2.37. The summed E-state index contributed by atoms with van der Waals surface area (Å²) in [5, 5.41) is 3.19. The number of rotatable bonds is 3. The Morgan fingerprint density at radius 1 is 1.26 bits per heavy atom. The summed E-state index contributed by atoms with van der Waals surface area (Å²) >= 11 is 1.74. The molecule has 0 spiro atoms. The Labute approximate surface area is 143 Å². The zero-order valence-electron chi connectivity index (χ0n) is 14.3. The molecular formula is C18H27N3OS. The van der Waals surface area contributed by atoms with Crippen molar-refractivity contribution in [2.45, 2.75) is 36.7 Å². The van der Waals surface area contributed by atoms with Crippen molar-refractivity contribution < 1.29 is 4.79 Å². The van der Waals surface area contributed by atoms with Crippen LogP contribution in [0.2, 0.25) is 0 Å². The van der Waals surface area contributed by atoms with E-state index in [-0.39, 0.29) is 12.1 Å². The molecule has 2 aliphatic rings. The lowest BCUT2D eigenvalue weighted by molar-refractivity contribution is 0.129. The molecule has 0 aromatic heterocycles. The van der Waals surface area contributed by atoms with E-state index in [0.29, 0.717) is 12.0 Å². The first-order valence-electron chi connectivity index (χ1n) is 8.48. The van der Waals surface area contributed by atoms with Crippen molar-refractivity contribution in [3.05, 3.63) is 29.8 Å². The summed E-state index contributed by atoms with van der Waals surface area (Å²) in [5.74, 6) is 0.688. The number of likely N-dealkylation sites (tertiary alicyclic amines) is 2. The van der Waals surface area contributed by atoms with E-state index in [9.17, 15) is 4.79 Å². The van der Waals surface area contributed by atoms with Crippen molar-refractivity contribution in [1.82, 2.24) is 15.1 Å². The fourth-order valence-corrected chi connectivity index (χ4v) is 4.20. The van der Waals surface area contributed by atoms with E-state index in [1.165, 1.54) is 11.3 Å². The number of thioether (sulfide) groups is 1. The van der Waals surface area contributed by atoms with E-state index in [1.807, 2.05) is 0 Å². The molecule has 3 atom stereocenters. The number of carbonyl (C=O) groups is 1. The van der Waals surface area contributed by atoms with E-state index in [0.717, 1.165) is 31.6 Å². The minimum absolute atomic E-state index is 0.0405. The standard InChI is InChI=1S/C18H27N3OS/c1-13(14-4-6-16(23-3)7-5-14)19-18(22)21-11-9-15-8-10-20(2)12-17(15)21/h4-7,13,15,17H,8-12H2,1-3H3,(H,19,22)/t13-,15-,17-/m1/s1. The van der Waals surface area contributed by atoms with Gasteiger partial charge in [0, 0.05) is 24.0 Å². The Morgan fingerprint density at radius 3 is 2.65 bits per heavy atom. The molecule has 1 aromatic rings. The minimum Gasteiger partial charge on any atom is -0.331 e. The molecule has 3 rings (SSSR count). The van der Waals surface area contributed by atoms with Gasteiger partial charge in [-0.1, -0.05) is 12.1 Å². The number of hydrogen-bond acceptors (Lipinski definition) is 3. The van der Waals surface area contributed by atoms with Gasteiger partial charge in [0.15, 0.2) is 0 Å². The monoisotopic (exact) mass is 333 g/mol. The second kappa shape index (κ2) is 7.14. The molecule has 4 nitrogen and oxygen atoms in total. The van der Waals surface area contributed by atoms with E-state index in [4.69, 9.17) is 0 Å². The van der Waals surface area contributed by atoms with E-state index in [1.54, 1.807) is 11.8 Å². The van der Waals surface area contributed by atoms with Gasteiger partial charge in [-0.3, -0.25) is 0 Å². The van der Waals surface area contributed by atoms with Crippen LogP contribution < -0.4 is 5.32 Å². The zero-order valence-corrected chi connectivity index (χ0v) is 15.1. The van der Waals surface area contributed by atoms with Gasteiger partial charge in [-0.25, -0.2) is 4.79 Å². The van der Waals surface area contributed by atoms with Crippen LogP contribution in [0.5, 0.6) is 0 Å². The molecule has 126 valence electrons. The molecule has 2 saturated heterocycles. The highest BCUT2D eigenvalue weighted by Crippen LogP contribution is 2.31. The van der Waals surface area contributed by atoms with Gasteiger partial charge in [0.05, 0.1) is 6.04 Å². The Bertz CT molecular complexity index is 548.